The van der Waals surface area contributed by atoms with E-state index in [1.165, 1.54) is 48.6 Å². The topological polar surface area (TPSA) is 107 Å². The van der Waals surface area contributed by atoms with Crippen LogP contribution in [0.5, 0.6) is 0 Å². The Morgan fingerprint density at radius 2 is 1.88 bits per heavy atom. The Morgan fingerprint density at radius 3 is 2.59 bits per heavy atom. The number of urea groups is 1. The van der Waals surface area contributed by atoms with Crippen LogP contribution >= 0.6 is 0 Å². The average molecular weight is 433 g/mol. The number of anilines is 1. The lowest BCUT2D eigenvalue weighted by molar-refractivity contribution is -0.113. The Hall–Kier alpha value is -4.27. The summed E-state index contributed by atoms with van der Waals surface area (Å²) in [5.74, 6) is -0.850. The Kier molecular flexibility index (Phi) is 5.55. The molecule has 32 heavy (non-hydrogen) atoms. The van der Waals surface area contributed by atoms with Crippen molar-refractivity contribution in [3.63, 3.8) is 0 Å². The van der Waals surface area contributed by atoms with Crippen molar-refractivity contribution >= 4 is 17.6 Å². The molecule has 0 fully saturated rings. The Labute approximate surface area is 182 Å². The number of aromatic nitrogens is 2. The van der Waals surface area contributed by atoms with Gasteiger partial charge in [0.15, 0.2) is 0 Å². The van der Waals surface area contributed by atoms with Crippen LogP contribution in [0.1, 0.15) is 17.2 Å². The summed E-state index contributed by atoms with van der Waals surface area (Å²) in [6, 6.07) is 11.3. The van der Waals surface area contributed by atoms with Crippen LogP contribution in [-0.2, 0) is 4.79 Å². The van der Waals surface area contributed by atoms with Gasteiger partial charge in [0.25, 0.3) is 11.5 Å². The van der Waals surface area contributed by atoms with Crippen molar-refractivity contribution < 1.29 is 14.0 Å². The molecule has 0 spiro atoms. The van der Waals surface area contributed by atoms with Crippen LogP contribution in [0.3, 0.4) is 0 Å². The molecular formula is C23H20FN5O3. The fourth-order valence-electron chi connectivity index (χ4n) is 3.44. The van der Waals surface area contributed by atoms with E-state index < -0.39 is 17.8 Å². The summed E-state index contributed by atoms with van der Waals surface area (Å²) in [5.41, 5.74) is 2.86. The molecule has 162 valence electrons. The summed E-state index contributed by atoms with van der Waals surface area (Å²) >= 11 is 0. The van der Waals surface area contributed by atoms with Crippen molar-refractivity contribution in [1.29, 1.82) is 0 Å². The van der Waals surface area contributed by atoms with Gasteiger partial charge in [0, 0.05) is 25.1 Å². The molecule has 3 amide bonds. The van der Waals surface area contributed by atoms with Crippen LogP contribution in [-0.4, -0.2) is 34.1 Å². The first kappa shape index (κ1) is 21.0. The van der Waals surface area contributed by atoms with Gasteiger partial charge in [0.05, 0.1) is 17.2 Å². The predicted molar refractivity (Wildman–Crippen MR) is 117 cm³/mol. The van der Waals surface area contributed by atoms with E-state index in [1.807, 2.05) is 6.92 Å². The molecule has 0 saturated heterocycles. The molecule has 3 aromatic rings. The number of rotatable bonds is 4. The Bertz CT molecular complexity index is 1280. The molecule has 9 heteroatoms. The van der Waals surface area contributed by atoms with E-state index in [2.05, 4.69) is 20.8 Å². The van der Waals surface area contributed by atoms with Crippen LogP contribution in [0.2, 0.25) is 0 Å². The molecule has 1 aliphatic rings. The molecule has 1 unspecified atom stereocenters. The number of aromatic amines is 1. The predicted octanol–water partition coefficient (Wildman–Crippen LogP) is 3.10. The summed E-state index contributed by atoms with van der Waals surface area (Å²) in [6.45, 7) is 1.83. The summed E-state index contributed by atoms with van der Waals surface area (Å²) < 4.78 is 13.4. The lowest BCUT2D eigenvalue weighted by atomic mass is 9.96. The number of amides is 3. The normalized spacial score (nSPS) is 15.7. The summed E-state index contributed by atoms with van der Waals surface area (Å²) in [4.78, 5) is 38.8. The molecule has 3 N–H and O–H groups in total. The summed E-state index contributed by atoms with van der Waals surface area (Å²) in [6.07, 6.45) is 2.93. The van der Waals surface area contributed by atoms with E-state index in [0.29, 0.717) is 22.4 Å². The number of H-pyrrole nitrogens is 1. The fourth-order valence-corrected chi connectivity index (χ4v) is 3.44. The smallest absolute Gasteiger partial charge is 0.321 e. The van der Waals surface area contributed by atoms with Crippen LogP contribution in [0.4, 0.5) is 14.9 Å². The second kappa shape index (κ2) is 8.46. The SMILES string of the molecule is Cc1ccc(-c2ccn[nH]c2=O)cc1NC(=O)C1=CN(C)C(=O)NC1c1ccc(F)cc1. The number of halogens is 1. The van der Waals surface area contributed by atoms with Gasteiger partial charge in [-0.1, -0.05) is 24.3 Å². The third-order valence-corrected chi connectivity index (χ3v) is 5.22. The van der Waals surface area contributed by atoms with Gasteiger partial charge in [-0.05, 0) is 47.9 Å². The minimum absolute atomic E-state index is 0.283. The highest BCUT2D eigenvalue weighted by atomic mass is 19.1. The number of nitrogens with zero attached hydrogens (tertiary/aromatic N) is 2. The van der Waals surface area contributed by atoms with Crippen molar-refractivity contribution in [2.75, 3.05) is 12.4 Å². The molecule has 1 aliphatic heterocycles. The minimum Gasteiger partial charge on any atom is -0.327 e. The number of nitrogens with one attached hydrogen (secondary N) is 3. The molecule has 2 heterocycles. The van der Waals surface area contributed by atoms with Gasteiger partial charge < -0.3 is 15.5 Å². The quantitative estimate of drug-likeness (QED) is 0.588. The third kappa shape index (κ3) is 4.13. The van der Waals surface area contributed by atoms with Crippen LogP contribution in [0.25, 0.3) is 11.1 Å². The lowest BCUT2D eigenvalue weighted by Gasteiger charge is -2.30. The molecule has 8 nitrogen and oxygen atoms in total. The van der Waals surface area contributed by atoms with Gasteiger partial charge in [-0.15, -0.1) is 0 Å². The zero-order valence-electron chi connectivity index (χ0n) is 17.3. The monoisotopic (exact) mass is 433 g/mol. The first-order valence-electron chi connectivity index (χ1n) is 9.80. The highest BCUT2D eigenvalue weighted by molar-refractivity contribution is 6.06. The highest BCUT2D eigenvalue weighted by Gasteiger charge is 2.30. The van der Waals surface area contributed by atoms with Gasteiger partial charge in [0.1, 0.15) is 5.82 Å². The van der Waals surface area contributed by atoms with Crippen LogP contribution in [0.15, 0.2) is 71.3 Å². The van der Waals surface area contributed by atoms with Crippen LogP contribution in [0, 0.1) is 12.7 Å². The molecule has 2 aromatic carbocycles. The maximum absolute atomic E-state index is 13.4. The standard InChI is InChI=1S/C23H20FN5O3/c1-13-3-4-15(17-9-10-25-28-22(17)31)11-19(13)26-21(30)18-12-29(2)23(32)27-20(18)14-5-7-16(24)8-6-14/h3-12,20H,1-2H3,(H,26,30)(H,27,32)(H,28,31). The molecule has 1 atom stereocenters. The second-order valence-electron chi connectivity index (χ2n) is 7.41. The van der Waals surface area contributed by atoms with Crippen molar-refractivity contribution in [2.45, 2.75) is 13.0 Å². The number of hydrogen-bond acceptors (Lipinski definition) is 4. The zero-order chi connectivity index (χ0) is 22.8. The Morgan fingerprint density at radius 1 is 1.12 bits per heavy atom. The number of benzene rings is 2. The molecule has 0 aliphatic carbocycles. The fraction of sp³-hybridized carbons (Fsp3) is 0.130. The largest absolute Gasteiger partial charge is 0.327 e. The van der Waals surface area contributed by atoms with E-state index in [9.17, 15) is 18.8 Å². The number of carbonyl (C=O) groups is 2. The van der Waals surface area contributed by atoms with Crippen molar-refractivity contribution in [2.24, 2.45) is 0 Å². The average Bonchev–Trinajstić information content (AvgIpc) is 2.78. The second-order valence-corrected chi connectivity index (χ2v) is 7.41. The molecular weight excluding hydrogens is 413 g/mol. The number of hydrogen-bond donors (Lipinski definition) is 3. The molecule has 0 saturated carbocycles. The minimum atomic E-state index is -0.745. The first-order chi connectivity index (χ1) is 15.3. The first-order valence-corrected chi connectivity index (χ1v) is 9.80. The van der Waals surface area contributed by atoms with E-state index in [4.69, 9.17) is 0 Å². The van der Waals surface area contributed by atoms with E-state index in [-0.39, 0.29) is 17.2 Å². The molecule has 0 bridgehead atoms. The molecule has 0 radical (unpaired) electrons. The van der Waals surface area contributed by atoms with Gasteiger partial charge >= 0.3 is 6.03 Å². The molecule has 1 aromatic heterocycles. The highest BCUT2D eigenvalue weighted by Crippen LogP contribution is 2.29. The number of aryl methyl sites for hydroxylation is 1. The van der Waals surface area contributed by atoms with Gasteiger partial charge in [0.2, 0.25) is 0 Å². The van der Waals surface area contributed by atoms with Gasteiger partial charge in [-0.3, -0.25) is 9.59 Å². The van der Waals surface area contributed by atoms with E-state index in [0.717, 1.165) is 5.56 Å². The van der Waals surface area contributed by atoms with Crippen molar-refractivity contribution in [1.82, 2.24) is 20.4 Å². The zero-order valence-corrected chi connectivity index (χ0v) is 17.3. The van der Waals surface area contributed by atoms with Gasteiger partial charge in [-0.2, -0.15) is 5.10 Å². The third-order valence-electron chi connectivity index (χ3n) is 5.22. The maximum Gasteiger partial charge on any atom is 0.321 e. The van der Waals surface area contributed by atoms with Crippen molar-refractivity contribution in [3.8, 4) is 11.1 Å². The van der Waals surface area contributed by atoms with Crippen molar-refractivity contribution in [3.05, 3.63) is 93.8 Å². The molecule has 4 rings (SSSR count). The maximum atomic E-state index is 13.4. The summed E-state index contributed by atoms with van der Waals surface area (Å²) in [5, 5.41) is 11.7. The van der Waals surface area contributed by atoms with Crippen LogP contribution < -0.4 is 16.2 Å². The van der Waals surface area contributed by atoms with E-state index in [1.54, 1.807) is 24.3 Å². The lowest BCUT2D eigenvalue weighted by Crippen LogP contribution is -2.44. The van der Waals surface area contributed by atoms with E-state index >= 15 is 0 Å². The Balaban J connectivity index is 1.67. The van der Waals surface area contributed by atoms with Gasteiger partial charge in [-0.25, -0.2) is 14.3 Å². The number of carbonyl (C=O) groups excluding carboxylic acids is 2. The summed E-state index contributed by atoms with van der Waals surface area (Å²) in [7, 11) is 1.53.